The summed E-state index contributed by atoms with van der Waals surface area (Å²) in [6.07, 6.45) is -0.877. The number of aromatic nitrogens is 1. The van der Waals surface area contributed by atoms with Crippen molar-refractivity contribution in [3.63, 3.8) is 0 Å². The minimum absolute atomic E-state index is 0.147. The van der Waals surface area contributed by atoms with Crippen LogP contribution in [-0.4, -0.2) is 29.2 Å². The zero-order valence-corrected chi connectivity index (χ0v) is 23.0. The van der Waals surface area contributed by atoms with Crippen molar-refractivity contribution in [1.82, 2.24) is 5.32 Å². The molecule has 0 saturated heterocycles. The molecule has 0 bridgehead atoms. The molecule has 0 aliphatic heterocycles. The van der Waals surface area contributed by atoms with Gasteiger partial charge in [0.15, 0.2) is 11.0 Å². The van der Waals surface area contributed by atoms with Crippen molar-refractivity contribution in [2.75, 3.05) is 0 Å². The molecular formula is C29H31N2O4S2+. The minimum atomic E-state index is -0.986. The maximum atomic E-state index is 13.2. The molecule has 0 radical (unpaired) electrons. The van der Waals surface area contributed by atoms with Crippen molar-refractivity contribution < 1.29 is 24.4 Å². The second kappa shape index (κ2) is 11.8. The van der Waals surface area contributed by atoms with E-state index in [-0.39, 0.29) is 18.4 Å². The predicted octanol–water partition coefficient (Wildman–Crippen LogP) is 5.93. The van der Waals surface area contributed by atoms with Gasteiger partial charge in [-0.15, -0.1) is 11.3 Å². The molecule has 1 unspecified atom stereocenters. The highest BCUT2D eigenvalue weighted by Gasteiger charge is 2.23. The number of aromatic amines is 1. The molecule has 2 aromatic heterocycles. The Bertz CT molecular complexity index is 1380. The van der Waals surface area contributed by atoms with Crippen LogP contribution in [0.5, 0.6) is 0 Å². The molecule has 8 heteroatoms. The maximum Gasteiger partial charge on any atom is 0.333 e. The standard InChI is InChI=1S/C29H30N2O4S2/c1-17(2)35-24(29(33)34)15-20-9-12-23(25-6-5-13-36-25)22(14-20)16-30-27(32)26-19(4)31-28(37-26)21-10-7-18(3)8-11-21/h5-14,17,24H,15-16H2,1-4H3,(H,30,32)(H,33,34)/p+1. The van der Waals surface area contributed by atoms with Crippen LogP contribution < -0.4 is 10.3 Å². The Hall–Kier alpha value is -3.33. The van der Waals surface area contributed by atoms with Crippen molar-refractivity contribution in [3.05, 3.63) is 87.2 Å². The molecule has 0 aliphatic rings. The number of ether oxygens (including phenoxy) is 1. The van der Waals surface area contributed by atoms with Gasteiger partial charge >= 0.3 is 5.97 Å². The first-order valence-electron chi connectivity index (χ1n) is 12.1. The van der Waals surface area contributed by atoms with E-state index in [1.807, 2.05) is 75.5 Å². The topological polar surface area (TPSA) is 89.8 Å². The van der Waals surface area contributed by atoms with Gasteiger partial charge in [-0.05, 0) is 61.0 Å². The molecule has 0 fully saturated rings. The van der Waals surface area contributed by atoms with Crippen LogP contribution in [0.2, 0.25) is 0 Å². The first-order chi connectivity index (χ1) is 17.7. The van der Waals surface area contributed by atoms with Crippen LogP contribution in [0.25, 0.3) is 21.0 Å². The molecular weight excluding hydrogens is 504 g/mol. The van der Waals surface area contributed by atoms with Gasteiger partial charge < -0.3 is 15.2 Å². The summed E-state index contributed by atoms with van der Waals surface area (Å²) in [6, 6.07) is 18.1. The Kier molecular flexibility index (Phi) is 8.53. The van der Waals surface area contributed by atoms with Crippen molar-refractivity contribution in [2.24, 2.45) is 0 Å². The van der Waals surface area contributed by atoms with Crippen LogP contribution >= 0.6 is 22.7 Å². The van der Waals surface area contributed by atoms with Crippen molar-refractivity contribution in [1.29, 1.82) is 0 Å². The Balaban J connectivity index is 1.56. The number of aliphatic carboxylic acids is 1. The third-order valence-corrected chi connectivity index (χ3v) is 8.04. The van der Waals surface area contributed by atoms with E-state index in [9.17, 15) is 14.7 Å². The van der Waals surface area contributed by atoms with E-state index in [0.29, 0.717) is 11.4 Å². The minimum Gasteiger partial charge on any atom is -0.479 e. The number of hydrogen-bond donors (Lipinski definition) is 2. The van der Waals surface area contributed by atoms with Crippen LogP contribution in [0.3, 0.4) is 0 Å². The number of aryl methyl sites for hydroxylation is 2. The van der Waals surface area contributed by atoms with E-state index >= 15 is 0 Å². The number of carbonyl (C=O) groups excluding carboxylic acids is 1. The van der Waals surface area contributed by atoms with Crippen molar-refractivity contribution in [3.8, 4) is 21.0 Å². The summed E-state index contributed by atoms with van der Waals surface area (Å²) in [7, 11) is 0. The normalized spacial score (nSPS) is 12.0. The van der Waals surface area contributed by atoms with Gasteiger partial charge in [0, 0.05) is 24.8 Å². The molecule has 0 saturated carbocycles. The first-order valence-corrected chi connectivity index (χ1v) is 13.8. The van der Waals surface area contributed by atoms with E-state index < -0.39 is 12.1 Å². The number of nitrogens with one attached hydrogen (secondary N) is 2. The molecule has 3 N–H and O–H groups in total. The lowest BCUT2D eigenvalue weighted by Crippen LogP contribution is -2.29. The van der Waals surface area contributed by atoms with Crippen LogP contribution in [-0.2, 0) is 22.5 Å². The summed E-state index contributed by atoms with van der Waals surface area (Å²) < 4.78 is 5.60. The quantitative estimate of drug-likeness (QED) is 0.264. The number of thiazole rings is 1. The molecule has 1 amide bonds. The Labute approximate surface area is 225 Å². The highest BCUT2D eigenvalue weighted by atomic mass is 32.1. The van der Waals surface area contributed by atoms with Crippen LogP contribution in [0.15, 0.2) is 60.0 Å². The maximum absolute atomic E-state index is 13.2. The highest BCUT2D eigenvalue weighted by Crippen LogP contribution is 2.30. The number of carbonyl (C=O) groups is 2. The molecule has 192 valence electrons. The third kappa shape index (κ3) is 6.71. The van der Waals surface area contributed by atoms with Crippen molar-refractivity contribution in [2.45, 2.75) is 52.9 Å². The molecule has 37 heavy (non-hydrogen) atoms. The second-order valence-corrected chi connectivity index (χ2v) is 11.2. The molecule has 2 heterocycles. The molecule has 0 spiro atoms. The molecule has 1 atom stereocenters. The number of rotatable bonds is 10. The van der Waals surface area contributed by atoms with Gasteiger partial charge in [0.1, 0.15) is 0 Å². The summed E-state index contributed by atoms with van der Waals surface area (Å²) in [5.74, 6) is -1.13. The van der Waals surface area contributed by atoms with Gasteiger partial charge in [0.25, 0.3) is 10.9 Å². The van der Waals surface area contributed by atoms with E-state index in [2.05, 4.69) is 22.4 Å². The fourth-order valence-corrected chi connectivity index (χ4v) is 5.89. The summed E-state index contributed by atoms with van der Waals surface area (Å²) in [4.78, 5) is 30.0. The first kappa shape index (κ1) is 26.7. The zero-order chi connectivity index (χ0) is 26.5. The predicted molar refractivity (Wildman–Crippen MR) is 148 cm³/mol. The fourth-order valence-electron chi connectivity index (χ4n) is 4.07. The Morgan fingerprint density at radius 1 is 1.08 bits per heavy atom. The van der Waals surface area contributed by atoms with Gasteiger partial charge in [-0.1, -0.05) is 53.3 Å². The summed E-state index contributed by atoms with van der Waals surface area (Å²) in [6.45, 7) is 7.92. The zero-order valence-electron chi connectivity index (χ0n) is 21.3. The number of thiophene rings is 1. The van der Waals surface area contributed by atoms with E-state index in [4.69, 9.17) is 4.74 Å². The van der Waals surface area contributed by atoms with Gasteiger partial charge in [0.2, 0.25) is 5.69 Å². The monoisotopic (exact) mass is 535 g/mol. The Morgan fingerprint density at radius 2 is 1.84 bits per heavy atom. The molecule has 6 nitrogen and oxygen atoms in total. The summed E-state index contributed by atoms with van der Waals surface area (Å²) in [5, 5.41) is 15.6. The van der Waals surface area contributed by atoms with Gasteiger partial charge in [-0.2, -0.15) is 4.98 Å². The van der Waals surface area contributed by atoms with Gasteiger partial charge in [0.05, 0.1) is 11.7 Å². The lowest BCUT2D eigenvalue weighted by atomic mass is 9.99. The van der Waals surface area contributed by atoms with Crippen LogP contribution in [0.1, 0.15) is 45.9 Å². The summed E-state index contributed by atoms with van der Waals surface area (Å²) >= 11 is 3.06. The number of amides is 1. The highest BCUT2D eigenvalue weighted by molar-refractivity contribution is 7.16. The number of benzene rings is 2. The number of carboxylic acids is 1. The van der Waals surface area contributed by atoms with Crippen molar-refractivity contribution >= 4 is 34.6 Å². The lowest BCUT2D eigenvalue weighted by molar-refractivity contribution is -0.367. The SMILES string of the molecule is Cc1ccc(-c2[nH+]c(C)c(C(=O)NCc3cc(CC(OC(C)C)C(=O)O)ccc3-c3cccs3)s2)cc1. The van der Waals surface area contributed by atoms with E-state index in [1.165, 1.54) is 16.9 Å². The van der Waals surface area contributed by atoms with E-state index in [0.717, 1.165) is 37.8 Å². The van der Waals surface area contributed by atoms with Crippen LogP contribution in [0, 0.1) is 13.8 Å². The van der Waals surface area contributed by atoms with Gasteiger partial charge in [-0.3, -0.25) is 4.79 Å². The fraction of sp³-hybridized carbons (Fsp3) is 0.276. The lowest BCUT2D eigenvalue weighted by Gasteiger charge is -2.18. The Morgan fingerprint density at radius 3 is 2.49 bits per heavy atom. The molecule has 0 aliphatic carbocycles. The van der Waals surface area contributed by atoms with E-state index in [1.54, 1.807) is 11.3 Å². The largest absolute Gasteiger partial charge is 0.479 e. The number of hydrogen-bond acceptors (Lipinski definition) is 5. The average molecular weight is 536 g/mol. The number of carboxylic acid groups (broad SMARTS) is 1. The molecule has 4 aromatic rings. The van der Waals surface area contributed by atoms with Gasteiger partial charge in [-0.25, -0.2) is 4.79 Å². The average Bonchev–Trinajstić information content (AvgIpc) is 3.52. The molecule has 4 rings (SSSR count). The smallest absolute Gasteiger partial charge is 0.333 e. The third-order valence-electron chi connectivity index (χ3n) is 5.89. The second-order valence-electron chi connectivity index (χ2n) is 9.24. The number of H-pyrrole nitrogens is 1. The summed E-state index contributed by atoms with van der Waals surface area (Å²) in [5.41, 5.74) is 5.84. The molecule has 2 aromatic carbocycles. The van der Waals surface area contributed by atoms with Crippen LogP contribution in [0.4, 0.5) is 0 Å².